The smallest absolute Gasteiger partial charge is 0.234 e. The van der Waals surface area contributed by atoms with Crippen molar-refractivity contribution in [1.29, 1.82) is 0 Å². The van der Waals surface area contributed by atoms with Crippen LogP contribution in [0.1, 0.15) is 29.8 Å². The first kappa shape index (κ1) is 16.4. The van der Waals surface area contributed by atoms with Crippen molar-refractivity contribution in [3.05, 3.63) is 16.1 Å². The molecule has 3 fully saturated rings. The molecule has 6 nitrogen and oxygen atoms in total. The van der Waals surface area contributed by atoms with E-state index in [4.69, 9.17) is 4.74 Å². The van der Waals surface area contributed by atoms with E-state index in [1.54, 1.807) is 11.3 Å². The van der Waals surface area contributed by atoms with Gasteiger partial charge in [-0.25, -0.2) is 4.98 Å². The maximum atomic E-state index is 12.0. The van der Waals surface area contributed by atoms with Crippen LogP contribution in [-0.4, -0.2) is 71.7 Å². The van der Waals surface area contributed by atoms with Gasteiger partial charge in [0.25, 0.3) is 0 Å². The highest BCUT2D eigenvalue weighted by Crippen LogP contribution is 2.33. The van der Waals surface area contributed by atoms with Gasteiger partial charge in [-0.3, -0.25) is 14.6 Å². The minimum absolute atomic E-state index is 0.0367. The van der Waals surface area contributed by atoms with Gasteiger partial charge in [0.2, 0.25) is 5.91 Å². The molecule has 0 saturated carbocycles. The Morgan fingerprint density at radius 2 is 2.29 bits per heavy atom. The molecule has 1 aromatic rings. The number of amides is 1. The molecule has 0 aromatic carbocycles. The number of carbonyl (C=O) groups is 1. The van der Waals surface area contributed by atoms with Gasteiger partial charge in [0.15, 0.2) is 0 Å². The van der Waals surface area contributed by atoms with Gasteiger partial charge in [0.05, 0.1) is 29.9 Å². The first-order chi connectivity index (χ1) is 11.7. The third-order valence-corrected chi connectivity index (χ3v) is 6.75. The molecular formula is C17H26N4O2S. The highest BCUT2D eigenvalue weighted by atomic mass is 32.1. The van der Waals surface area contributed by atoms with Crippen molar-refractivity contribution >= 4 is 17.2 Å². The first-order valence-corrected chi connectivity index (χ1v) is 9.77. The van der Waals surface area contributed by atoms with Gasteiger partial charge in [-0.15, -0.1) is 11.3 Å². The third kappa shape index (κ3) is 3.10. The maximum absolute atomic E-state index is 12.0. The second-order valence-electron chi connectivity index (χ2n) is 7.30. The van der Waals surface area contributed by atoms with E-state index in [-0.39, 0.29) is 11.4 Å². The zero-order chi connectivity index (χ0) is 16.6. The zero-order valence-corrected chi connectivity index (χ0v) is 15.1. The molecule has 3 saturated heterocycles. The molecule has 1 amide bonds. The Hall–Kier alpha value is -1.02. The van der Waals surface area contributed by atoms with Crippen molar-refractivity contribution in [3.8, 4) is 0 Å². The fraction of sp³-hybridized carbons (Fsp3) is 0.765. The van der Waals surface area contributed by atoms with Gasteiger partial charge in [-0.05, 0) is 26.2 Å². The standard InChI is InChI=1S/C17H26N4O2S/c1-13-15(24-12-19-13)8-20-5-2-14(3-6-20)21-9-16(22)18-10-17(21)4-7-23-11-17/h12,14H,2-11H2,1H3,(H,18,22). The number of hydrogen-bond donors (Lipinski definition) is 1. The molecule has 1 spiro atoms. The number of nitrogens with one attached hydrogen (secondary N) is 1. The number of nitrogens with zero attached hydrogens (tertiary/aromatic N) is 3. The Balaban J connectivity index is 1.39. The SMILES string of the molecule is Cc1ncsc1CN1CCC(N2CC(=O)NCC23CCOC3)CC1. The summed E-state index contributed by atoms with van der Waals surface area (Å²) in [5, 5.41) is 3.05. The van der Waals surface area contributed by atoms with E-state index < -0.39 is 0 Å². The number of aryl methyl sites for hydroxylation is 1. The minimum Gasteiger partial charge on any atom is -0.379 e. The number of carbonyl (C=O) groups excluding carboxylic acids is 1. The summed E-state index contributed by atoms with van der Waals surface area (Å²) in [4.78, 5) is 22.7. The van der Waals surface area contributed by atoms with Crippen LogP contribution in [0, 0.1) is 6.92 Å². The summed E-state index contributed by atoms with van der Waals surface area (Å²) in [6.45, 7) is 8.14. The van der Waals surface area contributed by atoms with Gasteiger partial charge >= 0.3 is 0 Å². The Morgan fingerprint density at radius 1 is 1.46 bits per heavy atom. The molecule has 3 aliphatic heterocycles. The number of thiazole rings is 1. The molecule has 1 unspecified atom stereocenters. The van der Waals surface area contributed by atoms with Crippen LogP contribution in [-0.2, 0) is 16.1 Å². The average Bonchev–Trinajstić information content (AvgIpc) is 3.21. The van der Waals surface area contributed by atoms with Crippen LogP contribution in [0.25, 0.3) is 0 Å². The predicted octanol–water partition coefficient (Wildman–Crippen LogP) is 1.01. The molecule has 1 aromatic heterocycles. The molecule has 0 radical (unpaired) electrons. The number of hydrogen-bond acceptors (Lipinski definition) is 6. The fourth-order valence-corrected chi connectivity index (χ4v) is 5.11. The van der Waals surface area contributed by atoms with Crippen molar-refractivity contribution in [2.75, 3.05) is 39.4 Å². The molecule has 0 aliphatic carbocycles. The number of aromatic nitrogens is 1. The molecule has 132 valence electrons. The molecule has 24 heavy (non-hydrogen) atoms. The molecule has 3 aliphatic rings. The monoisotopic (exact) mass is 350 g/mol. The van der Waals surface area contributed by atoms with Crippen LogP contribution < -0.4 is 5.32 Å². The van der Waals surface area contributed by atoms with Crippen molar-refractivity contribution in [1.82, 2.24) is 20.1 Å². The second-order valence-corrected chi connectivity index (χ2v) is 8.24. The van der Waals surface area contributed by atoms with Crippen LogP contribution in [0.5, 0.6) is 0 Å². The van der Waals surface area contributed by atoms with E-state index in [0.29, 0.717) is 12.6 Å². The lowest BCUT2D eigenvalue weighted by Gasteiger charge is -2.49. The quantitative estimate of drug-likeness (QED) is 0.882. The summed E-state index contributed by atoms with van der Waals surface area (Å²) < 4.78 is 5.69. The molecule has 1 N–H and O–H groups in total. The van der Waals surface area contributed by atoms with Crippen LogP contribution in [0.15, 0.2) is 5.51 Å². The number of piperidine rings is 1. The minimum atomic E-state index is 0.0367. The Morgan fingerprint density at radius 3 is 2.96 bits per heavy atom. The number of ether oxygens (including phenoxy) is 1. The molecular weight excluding hydrogens is 324 g/mol. The lowest BCUT2D eigenvalue weighted by atomic mass is 9.89. The van der Waals surface area contributed by atoms with E-state index in [0.717, 1.165) is 64.3 Å². The van der Waals surface area contributed by atoms with Crippen molar-refractivity contribution in [2.24, 2.45) is 0 Å². The van der Waals surface area contributed by atoms with Crippen LogP contribution >= 0.6 is 11.3 Å². The highest BCUT2D eigenvalue weighted by Gasteiger charge is 2.47. The summed E-state index contributed by atoms with van der Waals surface area (Å²) in [6.07, 6.45) is 3.30. The van der Waals surface area contributed by atoms with Gasteiger partial charge in [-0.1, -0.05) is 0 Å². The average molecular weight is 350 g/mol. The van der Waals surface area contributed by atoms with E-state index in [9.17, 15) is 4.79 Å². The summed E-state index contributed by atoms with van der Waals surface area (Å²) in [6, 6.07) is 0.497. The van der Waals surface area contributed by atoms with Gasteiger partial charge in [0, 0.05) is 43.7 Å². The van der Waals surface area contributed by atoms with E-state index >= 15 is 0 Å². The zero-order valence-electron chi connectivity index (χ0n) is 14.3. The predicted molar refractivity (Wildman–Crippen MR) is 93.0 cm³/mol. The number of likely N-dealkylation sites (tertiary alicyclic amines) is 1. The summed E-state index contributed by atoms with van der Waals surface area (Å²) in [5.41, 5.74) is 3.14. The Kier molecular flexibility index (Phi) is 4.60. The van der Waals surface area contributed by atoms with Gasteiger partial charge in [0.1, 0.15) is 0 Å². The lowest BCUT2D eigenvalue weighted by Crippen LogP contribution is -2.67. The normalized spacial score (nSPS) is 30.1. The largest absolute Gasteiger partial charge is 0.379 e. The summed E-state index contributed by atoms with van der Waals surface area (Å²) in [7, 11) is 0. The Bertz CT molecular complexity index is 591. The molecule has 7 heteroatoms. The van der Waals surface area contributed by atoms with Crippen LogP contribution in [0.2, 0.25) is 0 Å². The van der Waals surface area contributed by atoms with E-state index in [1.165, 1.54) is 4.88 Å². The molecule has 1 atom stereocenters. The van der Waals surface area contributed by atoms with Crippen LogP contribution in [0.3, 0.4) is 0 Å². The van der Waals surface area contributed by atoms with Gasteiger partial charge < -0.3 is 10.1 Å². The fourth-order valence-electron chi connectivity index (χ4n) is 4.29. The molecule has 4 heterocycles. The summed E-state index contributed by atoms with van der Waals surface area (Å²) in [5.74, 6) is 0.162. The molecule has 0 bridgehead atoms. The van der Waals surface area contributed by atoms with E-state index in [1.807, 2.05) is 5.51 Å². The van der Waals surface area contributed by atoms with Crippen molar-refractivity contribution < 1.29 is 9.53 Å². The topological polar surface area (TPSA) is 57.7 Å². The third-order valence-electron chi connectivity index (χ3n) is 5.83. The van der Waals surface area contributed by atoms with E-state index in [2.05, 4.69) is 27.0 Å². The number of rotatable bonds is 3. The first-order valence-electron chi connectivity index (χ1n) is 8.89. The number of piperazine rings is 1. The Labute approximate surface area is 147 Å². The molecule has 4 rings (SSSR count). The van der Waals surface area contributed by atoms with Crippen molar-refractivity contribution in [3.63, 3.8) is 0 Å². The lowest BCUT2D eigenvalue weighted by molar-refractivity contribution is -0.131. The maximum Gasteiger partial charge on any atom is 0.234 e. The second kappa shape index (κ2) is 6.71. The summed E-state index contributed by atoms with van der Waals surface area (Å²) >= 11 is 1.75. The van der Waals surface area contributed by atoms with Crippen molar-refractivity contribution in [2.45, 2.75) is 44.3 Å². The van der Waals surface area contributed by atoms with Gasteiger partial charge in [-0.2, -0.15) is 0 Å². The highest BCUT2D eigenvalue weighted by molar-refractivity contribution is 7.09. The van der Waals surface area contributed by atoms with Crippen LogP contribution in [0.4, 0.5) is 0 Å².